The first-order valence-corrected chi connectivity index (χ1v) is 6.97. The van der Waals surface area contributed by atoms with Crippen LogP contribution in [0.5, 0.6) is 5.75 Å². The Bertz CT molecular complexity index is 538. The minimum atomic E-state index is -0.524. The van der Waals surface area contributed by atoms with Crippen molar-refractivity contribution in [3.63, 3.8) is 0 Å². The van der Waals surface area contributed by atoms with Crippen LogP contribution in [0, 0.1) is 11.7 Å². The van der Waals surface area contributed by atoms with E-state index in [-0.39, 0.29) is 11.7 Å². The monoisotopic (exact) mass is 262 g/mol. The highest BCUT2D eigenvalue weighted by Gasteiger charge is 2.46. The van der Waals surface area contributed by atoms with Crippen LogP contribution >= 0.6 is 0 Å². The lowest BCUT2D eigenvalue weighted by Gasteiger charge is -2.37. The number of carbonyl (C=O) groups is 1. The summed E-state index contributed by atoms with van der Waals surface area (Å²) in [6, 6.07) is 3.29. The summed E-state index contributed by atoms with van der Waals surface area (Å²) in [6.07, 6.45) is 4.39. The van der Waals surface area contributed by atoms with Crippen LogP contribution in [0.15, 0.2) is 12.1 Å². The maximum atomic E-state index is 14.3. The van der Waals surface area contributed by atoms with E-state index in [2.05, 4.69) is 0 Å². The number of hydrogen-bond donors (Lipinski definition) is 0. The minimum Gasteiger partial charge on any atom is -0.497 e. The van der Waals surface area contributed by atoms with Gasteiger partial charge in [-0.3, -0.25) is 4.79 Å². The second-order valence-electron chi connectivity index (χ2n) is 5.98. The summed E-state index contributed by atoms with van der Waals surface area (Å²) >= 11 is 0. The van der Waals surface area contributed by atoms with E-state index in [1.807, 2.05) is 13.0 Å². The van der Waals surface area contributed by atoms with Crippen LogP contribution in [-0.4, -0.2) is 12.9 Å². The van der Waals surface area contributed by atoms with E-state index in [1.54, 1.807) is 0 Å². The molecule has 3 rings (SSSR count). The Hall–Kier alpha value is -1.38. The molecule has 2 unspecified atom stereocenters. The van der Waals surface area contributed by atoms with Crippen molar-refractivity contribution in [2.45, 2.75) is 44.4 Å². The van der Waals surface area contributed by atoms with E-state index < -0.39 is 5.41 Å². The molecule has 1 fully saturated rings. The molecule has 2 nitrogen and oxygen atoms in total. The van der Waals surface area contributed by atoms with Crippen LogP contribution in [0.2, 0.25) is 0 Å². The van der Waals surface area contributed by atoms with Gasteiger partial charge in [0.25, 0.3) is 0 Å². The SMILES string of the molecule is COc1cc(F)c2c(c1)C1(C)CCCCC(C2)C1=O. The predicted octanol–water partition coefficient (Wildman–Crippen LogP) is 3.41. The molecule has 102 valence electrons. The molecule has 2 atom stereocenters. The molecule has 0 aliphatic heterocycles. The Kier molecular flexibility index (Phi) is 2.88. The molecule has 0 heterocycles. The molecule has 0 spiro atoms. The summed E-state index contributed by atoms with van der Waals surface area (Å²) in [5.41, 5.74) is 1.06. The van der Waals surface area contributed by atoms with Gasteiger partial charge in [0, 0.05) is 12.0 Å². The molecule has 0 amide bonds. The maximum Gasteiger partial charge on any atom is 0.146 e. The average molecular weight is 262 g/mol. The zero-order valence-corrected chi connectivity index (χ0v) is 11.5. The number of methoxy groups -OCH3 is 1. The van der Waals surface area contributed by atoms with Gasteiger partial charge >= 0.3 is 0 Å². The summed E-state index contributed by atoms with van der Waals surface area (Å²) in [7, 11) is 1.53. The van der Waals surface area contributed by atoms with Gasteiger partial charge in [-0.05, 0) is 43.4 Å². The van der Waals surface area contributed by atoms with Crippen molar-refractivity contribution in [2.24, 2.45) is 5.92 Å². The highest BCUT2D eigenvalue weighted by atomic mass is 19.1. The van der Waals surface area contributed by atoms with E-state index in [0.717, 1.165) is 36.8 Å². The van der Waals surface area contributed by atoms with Gasteiger partial charge in [-0.2, -0.15) is 0 Å². The van der Waals surface area contributed by atoms with Crippen molar-refractivity contribution < 1.29 is 13.9 Å². The second kappa shape index (κ2) is 4.32. The molecule has 1 saturated carbocycles. The topological polar surface area (TPSA) is 26.3 Å². The Labute approximate surface area is 113 Å². The molecule has 3 heteroatoms. The molecule has 1 aromatic rings. The van der Waals surface area contributed by atoms with E-state index in [9.17, 15) is 9.18 Å². The molecule has 0 radical (unpaired) electrons. The lowest BCUT2D eigenvalue weighted by molar-refractivity contribution is -0.128. The van der Waals surface area contributed by atoms with E-state index in [1.165, 1.54) is 13.2 Å². The molecule has 2 bridgehead atoms. The number of ketones is 1. The number of benzene rings is 1. The van der Waals surface area contributed by atoms with Gasteiger partial charge in [-0.1, -0.05) is 12.8 Å². The molecular formula is C16H19FO2. The van der Waals surface area contributed by atoms with Gasteiger partial charge in [0.1, 0.15) is 17.3 Å². The fourth-order valence-corrected chi connectivity index (χ4v) is 3.71. The first-order valence-electron chi connectivity index (χ1n) is 6.97. The second-order valence-corrected chi connectivity index (χ2v) is 5.98. The summed E-state index contributed by atoms with van der Waals surface area (Å²) in [5.74, 6) is 0.584. The predicted molar refractivity (Wildman–Crippen MR) is 71.0 cm³/mol. The van der Waals surface area contributed by atoms with Gasteiger partial charge in [0.2, 0.25) is 0 Å². The van der Waals surface area contributed by atoms with Crippen molar-refractivity contribution in [1.82, 2.24) is 0 Å². The fourth-order valence-electron chi connectivity index (χ4n) is 3.71. The fraction of sp³-hybridized carbons (Fsp3) is 0.562. The highest BCUT2D eigenvalue weighted by Crippen LogP contribution is 2.46. The smallest absolute Gasteiger partial charge is 0.146 e. The molecule has 1 aromatic carbocycles. The lowest BCUT2D eigenvalue weighted by atomic mass is 9.65. The van der Waals surface area contributed by atoms with E-state index in [0.29, 0.717) is 18.0 Å². The van der Waals surface area contributed by atoms with Gasteiger partial charge in [0.15, 0.2) is 0 Å². The van der Waals surface area contributed by atoms with Crippen LogP contribution in [0.25, 0.3) is 0 Å². The number of fused-ring (bicyclic) bond motifs is 4. The molecular weight excluding hydrogens is 243 g/mol. The molecule has 0 N–H and O–H groups in total. The maximum absolute atomic E-state index is 14.3. The van der Waals surface area contributed by atoms with Crippen molar-refractivity contribution >= 4 is 5.78 Å². The van der Waals surface area contributed by atoms with Gasteiger partial charge < -0.3 is 4.74 Å². The summed E-state index contributed by atoms with van der Waals surface area (Å²) < 4.78 is 19.4. The summed E-state index contributed by atoms with van der Waals surface area (Å²) in [4.78, 5) is 12.7. The Morgan fingerprint density at radius 3 is 2.89 bits per heavy atom. The third kappa shape index (κ3) is 1.78. The Balaban J connectivity index is 2.22. The van der Waals surface area contributed by atoms with Crippen molar-refractivity contribution in [1.29, 1.82) is 0 Å². The number of rotatable bonds is 1. The third-order valence-corrected chi connectivity index (χ3v) is 4.84. The molecule has 19 heavy (non-hydrogen) atoms. The van der Waals surface area contributed by atoms with E-state index in [4.69, 9.17) is 4.74 Å². The summed E-state index contributed by atoms with van der Waals surface area (Å²) in [5, 5.41) is 0. The zero-order chi connectivity index (χ0) is 13.6. The number of hydrogen-bond acceptors (Lipinski definition) is 2. The number of ether oxygens (including phenoxy) is 1. The average Bonchev–Trinajstić information content (AvgIpc) is 2.49. The summed E-state index contributed by atoms with van der Waals surface area (Å²) in [6.45, 7) is 1.98. The standard InChI is InChI=1S/C16H19FO2/c1-16-6-4-3-5-10(15(16)18)7-12-13(16)8-11(19-2)9-14(12)17/h8-10H,3-7H2,1-2H3. The molecule has 0 aromatic heterocycles. The first kappa shape index (κ1) is 12.6. The van der Waals surface area contributed by atoms with Crippen LogP contribution in [0.3, 0.4) is 0 Å². The van der Waals surface area contributed by atoms with Crippen molar-refractivity contribution in [3.05, 3.63) is 29.1 Å². The minimum absolute atomic E-state index is 0.00268. The Morgan fingerprint density at radius 1 is 1.37 bits per heavy atom. The lowest BCUT2D eigenvalue weighted by Crippen LogP contribution is -2.42. The Morgan fingerprint density at radius 2 is 2.16 bits per heavy atom. The quantitative estimate of drug-likeness (QED) is 0.775. The normalized spacial score (nSPS) is 29.6. The van der Waals surface area contributed by atoms with E-state index >= 15 is 0 Å². The molecule has 2 aliphatic carbocycles. The van der Waals surface area contributed by atoms with Crippen molar-refractivity contribution in [2.75, 3.05) is 7.11 Å². The van der Waals surface area contributed by atoms with Gasteiger partial charge in [0.05, 0.1) is 12.5 Å². The van der Waals surface area contributed by atoms with Crippen molar-refractivity contribution in [3.8, 4) is 5.75 Å². The molecule has 2 aliphatic rings. The van der Waals surface area contributed by atoms with Crippen LogP contribution in [0.4, 0.5) is 4.39 Å². The highest BCUT2D eigenvalue weighted by molar-refractivity contribution is 5.94. The number of Topliss-reactive ketones (excluding diaryl/α,β-unsaturated/α-hetero) is 1. The third-order valence-electron chi connectivity index (χ3n) is 4.84. The zero-order valence-electron chi connectivity index (χ0n) is 11.5. The van der Waals surface area contributed by atoms with Crippen LogP contribution < -0.4 is 4.74 Å². The largest absolute Gasteiger partial charge is 0.497 e. The first-order chi connectivity index (χ1) is 9.06. The van der Waals surface area contributed by atoms with Crippen LogP contribution in [-0.2, 0) is 16.6 Å². The number of halogens is 1. The molecule has 0 saturated heterocycles. The van der Waals surface area contributed by atoms with Gasteiger partial charge in [-0.25, -0.2) is 4.39 Å². The van der Waals surface area contributed by atoms with Gasteiger partial charge in [-0.15, -0.1) is 0 Å². The van der Waals surface area contributed by atoms with Crippen LogP contribution in [0.1, 0.15) is 43.7 Å². The number of carbonyl (C=O) groups excluding carboxylic acids is 1.